The summed E-state index contributed by atoms with van der Waals surface area (Å²) < 4.78 is 11.2. The van der Waals surface area contributed by atoms with Crippen LogP contribution < -0.4 is 4.74 Å². The third-order valence-electron chi connectivity index (χ3n) is 3.86. The van der Waals surface area contributed by atoms with Gasteiger partial charge in [-0.3, -0.25) is 9.59 Å². The number of carboxylic acids is 1. The summed E-state index contributed by atoms with van der Waals surface area (Å²) in [6, 6.07) is 5.20. The summed E-state index contributed by atoms with van der Waals surface area (Å²) in [5.74, 6) is -0.555. The van der Waals surface area contributed by atoms with Gasteiger partial charge in [-0.25, -0.2) is 0 Å². The highest BCUT2D eigenvalue weighted by atomic mass is 79.9. The number of benzene rings is 1. The van der Waals surface area contributed by atoms with E-state index in [0.717, 1.165) is 0 Å². The van der Waals surface area contributed by atoms with Crippen LogP contribution in [0.3, 0.4) is 0 Å². The number of nitrogens with zero attached hydrogens (tertiary/aromatic N) is 1. The minimum atomic E-state index is -0.780. The second-order valence-corrected chi connectivity index (χ2v) is 6.25. The Morgan fingerprint density at radius 2 is 2.00 bits per heavy atom. The van der Waals surface area contributed by atoms with E-state index in [1.54, 1.807) is 30.2 Å². The van der Waals surface area contributed by atoms with E-state index in [0.29, 0.717) is 54.9 Å². The van der Waals surface area contributed by atoms with Crippen LogP contribution in [0.1, 0.15) is 23.2 Å². The van der Waals surface area contributed by atoms with Crippen LogP contribution in [0.2, 0.25) is 0 Å². The van der Waals surface area contributed by atoms with E-state index in [1.807, 2.05) is 0 Å². The van der Waals surface area contributed by atoms with Crippen LogP contribution in [0.5, 0.6) is 5.75 Å². The molecular formula is C16H20BrNO5. The maximum atomic E-state index is 12.5. The molecule has 0 saturated carbocycles. The zero-order valence-electron chi connectivity index (χ0n) is 13.0. The van der Waals surface area contributed by atoms with Crippen LogP contribution in [-0.4, -0.2) is 55.3 Å². The highest BCUT2D eigenvalue weighted by Gasteiger charge is 2.27. The number of halogens is 1. The lowest BCUT2D eigenvalue weighted by molar-refractivity contribution is -0.143. The van der Waals surface area contributed by atoms with Crippen LogP contribution in [0.15, 0.2) is 22.7 Å². The van der Waals surface area contributed by atoms with Crippen LogP contribution in [0, 0.1) is 5.92 Å². The molecule has 1 N–H and O–H groups in total. The number of ether oxygens (including phenoxy) is 2. The maximum Gasteiger partial charge on any atom is 0.306 e. The van der Waals surface area contributed by atoms with Crippen LogP contribution in [0.25, 0.3) is 0 Å². The Morgan fingerprint density at radius 3 is 2.57 bits per heavy atom. The van der Waals surface area contributed by atoms with Gasteiger partial charge < -0.3 is 19.5 Å². The Hall–Kier alpha value is -1.60. The Balaban J connectivity index is 1.97. The standard InChI is InChI=1S/C16H20BrNO5/c1-22-8-9-23-14-3-2-12(10-13(14)17)15(19)18-6-4-11(5-7-18)16(20)21/h2-3,10-11H,4-9H2,1H3,(H,20,21). The van der Waals surface area contributed by atoms with Gasteiger partial charge in [0.1, 0.15) is 12.4 Å². The van der Waals surface area contributed by atoms with Crippen molar-refractivity contribution in [1.82, 2.24) is 4.90 Å². The van der Waals surface area contributed by atoms with Gasteiger partial charge in [0, 0.05) is 25.8 Å². The summed E-state index contributed by atoms with van der Waals surface area (Å²) in [6.07, 6.45) is 1.00. The molecule has 23 heavy (non-hydrogen) atoms. The maximum absolute atomic E-state index is 12.5. The number of hydrogen-bond donors (Lipinski definition) is 1. The van der Waals surface area contributed by atoms with Crippen LogP contribution in [-0.2, 0) is 9.53 Å². The van der Waals surface area contributed by atoms with Gasteiger partial charge in [0.25, 0.3) is 5.91 Å². The molecule has 7 heteroatoms. The van der Waals surface area contributed by atoms with Crippen molar-refractivity contribution >= 4 is 27.8 Å². The molecule has 0 atom stereocenters. The molecule has 0 bridgehead atoms. The number of rotatable bonds is 6. The minimum absolute atomic E-state index is 0.0852. The number of hydrogen-bond acceptors (Lipinski definition) is 4. The van der Waals surface area contributed by atoms with Crippen molar-refractivity contribution in [3.8, 4) is 5.75 Å². The predicted octanol–water partition coefficient (Wildman–Crippen LogP) is 2.41. The van der Waals surface area contributed by atoms with E-state index in [4.69, 9.17) is 14.6 Å². The Morgan fingerprint density at radius 1 is 1.30 bits per heavy atom. The lowest BCUT2D eigenvalue weighted by Gasteiger charge is -2.30. The van der Waals surface area contributed by atoms with Gasteiger partial charge >= 0.3 is 5.97 Å². The SMILES string of the molecule is COCCOc1ccc(C(=O)N2CCC(C(=O)O)CC2)cc1Br. The molecule has 1 aliphatic heterocycles. The van der Waals surface area contributed by atoms with E-state index < -0.39 is 5.97 Å². The summed E-state index contributed by atoms with van der Waals surface area (Å²) in [5, 5.41) is 9.00. The molecule has 1 aromatic carbocycles. The third kappa shape index (κ3) is 4.68. The first-order valence-electron chi connectivity index (χ1n) is 7.46. The Labute approximate surface area is 143 Å². The van der Waals surface area contributed by atoms with E-state index >= 15 is 0 Å². The first-order valence-corrected chi connectivity index (χ1v) is 8.25. The topological polar surface area (TPSA) is 76.1 Å². The minimum Gasteiger partial charge on any atom is -0.490 e. The van der Waals surface area contributed by atoms with Crippen molar-refractivity contribution in [2.45, 2.75) is 12.8 Å². The fourth-order valence-corrected chi connectivity index (χ4v) is 2.99. The fourth-order valence-electron chi connectivity index (χ4n) is 2.50. The van der Waals surface area contributed by atoms with Crippen molar-refractivity contribution in [1.29, 1.82) is 0 Å². The third-order valence-corrected chi connectivity index (χ3v) is 4.47. The zero-order chi connectivity index (χ0) is 16.8. The highest BCUT2D eigenvalue weighted by molar-refractivity contribution is 9.10. The highest BCUT2D eigenvalue weighted by Crippen LogP contribution is 2.27. The molecule has 6 nitrogen and oxygen atoms in total. The smallest absolute Gasteiger partial charge is 0.306 e. The van der Waals surface area contributed by atoms with Crippen molar-refractivity contribution in [3.05, 3.63) is 28.2 Å². The van der Waals surface area contributed by atoms with Gasteiger partial charge in [0.05, 0.1) is 17.0 Å². The molecule has 126 valence electrons. The molecule has 1 aromatic rings. The van der Waals surface area contributed by atoms with Gasteiger partial charge in [-0.1, -0.05) is 0 Å². The molecule has 1 heterocycles. The molecule has 0 radical (unpaired) electrons. The van der Waals surface area contributed by atoms with Gasteiger partial charge in [-0.15, -0.1) is 0 Å². The van der Waals surface area contributed by atoms with Gasteiger partial charge in [0.15, 0.2) is 0 Å². The monoisotopic (exact) mass is 385 g/mol. The van der Waals surface area contributed by atoms with Crippen molar-refractivity contribution < 1.29 is 24.2 Å². The summed E-state index contributed by atoms with van der Waals surface area (Å²) in [6.45, 7) is 1.87. The second-order valence-electron chi connectivity index (χ2n) is 5.39. The number of amides is 1. The first-order chi connectivity index (χ1) is 11.0. The summed E-state index contributed by atoms with van der Waals surface area (Å²) in [7, 11) is 1.60. The summed E-state index contributed by atoms with van der Waals surface area (Å²) >= 11 is 3.41. The molecule has 0 unspecified atom stereocenters. The molecule has 0 aliphatic carbocycles. The van der Waals surface area contributed by atoms with E-state index in [9.17, 15) is 9.59 Å². The van der Waals surface area contributed by atoms with Crippen LogP contribution >= 0.6 is 15.9 Å². The number of likely N-dealkylation sites (tertiary alicyclic amines) is 1. The van der Waals surface area contributed by atoms with Gasteiger partial charge in [-0.05, 0) is 47.0 Å². The van der Waals surface area contributed by atoms with Crippen molar-refractivity contribution in [2.24, 2.45) is 5.92 Å². The lowest BCUT2D eigenvalue weighted by atomic mass is 9.96. The number of aliphatic carboxylic acids is 1. The van der Waals surface area contributed by atoms with E-state index in [1.165, 1.54) is 0 Å². The predicted molar refractivity (Wildman–Crippen MR) is 87.8 cm³/mol. The van der Waals surface area contributed by atoms with Crippen molar-refractivity contribution in [2.75, 3.05) is 33.4 Å². The Kier molecular flexibility index (Phi) is 6.41. The number of piperidine rings is 1. The van der Waals surface area contributed by atoms with Crippen LogP contribution in [0.4, 0.5) is 0 Å². The first kappa shape index (κ1) is 17.7. The molecule has 1 saturated heterocycles. The summed E-state index contributed by atoms with van der Waals surface area (Å²) in [5.41, 5.74) is 0.560. The van der Waals surface area contributed by atoms with Gasteiger partial charge in [-0.2, -0.15) is 0 Å². The van der Waals surface area contributed by atoms with E-state index in [2.05, 4.69) is 15.9 Å². The molecule has 0 spiro atoms. The molecule has 1 amide bonds. The Bertz CT molecular complexity index is 570. The molecule has 1 fully saturated rings. The number of carboxylic acid groups (broad SMARTS) is 1. The van der Waals surface area contributed by atoms with Gasteiger partial charge in [0.2, 0.25) is 0 Å². The second kappa shape index (κ2) is 8.31. The number of carbonyl (C=O) groups is 2. The summed E-state index contributed by atoms with van der Waals surface area (Å²) in [4.78, 5) is 25.2. The van der Waals surface area contributed by atoms with Crippen molar-refractivity contribution in [3.63, 3.8) is 0 Å². The largest absolute Gasteiger partial charge is 0.490 e. The average Bonchev–Trinajstić information content (AvgIpc) is 2.56. The molecule has 0 aromatic heterocycles. The quantitative estimate of drug-likeness (QED) is 0.760. The van der Waals surface area contributed by atoms with E-state index in [-0.39, 0.29) is 11.8 Å². The molecule has 1 aliphatic rings. The number of methoxy groups -OCH3 is 1. The zero-order valence-corrected chi connectivity index (χ0v) is 14.5. The normalized spacial score (nSPS) is 15.5. The average molecular weight is 386 g/mol. The lowest BCUT2D eigenvalue weighted by Crippen LogP contribution is -2.40. The number of carbonyl (C=O) groups excluding carboxylic acids is 1. The molecule has 2 rings (SSSR count). The fraction of sp³-hybridized carbons (Fsp3) is 0.500. The molecular weight excluding hydrogens is 366 g/mol.